The molecule has 102 valence electrons. The molecule has 2 N–H and O–H groups in total. The number of nitrogens with one attached hydrogen (secondary N) is 2. The van der Waals surface area contributed by atoms with E-state index >= 15 is 0 Å². The third-order valence-corrected chi connectivity index (χ3v) is 3.11. The van der Waals surface area contributed by atoms with E-state index in [0.29, 0.717) is 28.8 Å². The molecule has 6 heteroatoms. The molecule has 0 radical (unpaired) electrons. The number of aromatic nitrogens is 1. The van der Waals surface area contributed by atoms with Crippen molar-refractivity contribution in [1.29, 1.82) is 0 Å². The average molecular weight is 290 g/mol. The maximum absolute atomic E-state index is 12.3. The lowest BCUT2D eigenvalue weighted by Gasteiger charge is -2.21. The number of pyridine rings is 1. The summed E-state index contributed by atoms with van der Waals surface area (Å²) < 4.78 is 5.58. The Morgan fingerprint density at radius 2 is 2.30 bits per heavy atom. The highest BCUT2D eigenvalue weighted by molar-refractivity contribution is 6.29. The zero-order chi connectivity index (χ0) is 13.9. The van der Waals surface area contributed by atoms with Gasteiger partial charge in [-0.15, -0.1) is 0 Å². The largest absolute Gasteiger partial charge is 0.489 e. The van der Waals surface area contributed by atoms with Gasteiger partial charge in [0.05, 0.1) is 11.3 Å². The van der Waals surface area contributed by atoms with Crippen molar-refractivity contribution in [3.05, 3.63) is 47.2 Å². The van der Waals surface area contributed by atoms with Crippen LogP contribution in [0.25, 0.3) is 0 Å². The summed E-state index contributed by atoms with van der Waals surface area (Å²) in [6, 6.07) is 8.69. The fourth-order valence-corrected chi connectivity index (χ4v) is 2.20. The van der Waals surface area contributed by atoms with Crippen LogP contribution in [-0.4, -0.2) is 24.0 Å². The number of ether oxygens (including phenoxy) is 1. The van der Waals surface area contributed by atoms with Crippen LogP contribution in [0.5, 0.6) is 5.75 Å². The number of hydrogen-bond donors (Lipinski definition) is 2. The Morgan fingerprint density at radius 3 is 3.15 bits per heavy atom. The molecule has 0 saturated carbocycles. The monoisotopic (exact) mass is 289 g/mol. The van der Waals surface area contributed by atoms with E-state index in [9.17, 15) is 4.79 Å². The fraction of sp³-hybridized carbons (Fsp3) is 0.143. The third-order valence-electron chi connectivity index (χ3n) is 2.91. The lowest BCUT2D eigenvalue weighted by Crippen LogP contribution is -2.21. The van der Waals surface area contributed by atoms with Gasteiger partial charge in [-0.2, -0.15) is 0 Å². The molecule has 1 aromatic carbocycles. The number of hydrogen-bond acceptors (Lipinski definition) is 4. The number of nitrogens with zero attached hydrogens (tertiary/aromatic N) is 1. The average Bonchev–Trinajstić information content (AvgIpc) is 2.46. The number of carbonyl (C=O) groups is 1. The number of carbonyl (C=O) groups excluding carboxylic acids is 1. The van der Waals surface area contributed by atoms with E-state index in [1.54, 1.807) is 18.2 Å². The van der Waals surface area contributed by atoms with Gasteiger partial charge in [0.1, 0.15) is 11.8 Å². The number of benzene rings is 1. The predicted octanol–water partition coefficient (Wildman–Crippen LogP) is 2.79. The topological polar surface area (TPSA) is 63.2 Å². The van der Waals surface area contributed by atoms with E-state index < -0.39 is 0 Å². The van der Waals surface area contributed by atoms with Crippen molar-refractivity contribution in [2.24, 2.45) is 0 Å². The Hall–Kier alpha value is -2.27. The van der Waals surface area contributed by atoms with Crippen molar-refractivity contribution in [2.75, 3.05) is 23.8 Å². The highest BCUT2D eigenvalue weighted by Gasteiger charge is 2.19. The molecule has 0 fully saturated rings. The molecule has 2 aromatic rings. The molecule has 0 aliphatic carbocycles. The van der Waals surface area contributed by atoms with Crippen LogP contribution in [0.15, 0.2) is 36.5 Å². The fourth-order valence-electron chi connectivity index (χ4n) is 2.03. The second-order valence-corrected chi connectivity index (χ2v) is 4.67. The molecule has 0 bridgehead atoms. The van der Waals surface area contributed by atoms with Crippen LogP contribution in [-0.2, 0) is 0 Å². The van der Waals surface area contributed by atoms with E-state index in [1.165, 1.54) is 6.20 Å². The predicted molar refractivity (Wildman–Crippen MR) is 77.6 cm³/mol. The van der Waals surface area contributed by atoms with Crippen LogP contribution in [0.3, 0.4) is 0 Å². The number of halogens is 1. The van der Waals surface area contributed by atoms with E-state index in [0.717, 1.165) is 12.2 Å². The maximum atomic E-state index is 12.3. The van der Waals surface area contributed by atoms with Gasteiger partial charge in [-0.05, 0) is 24.3 Å². The molecular formula is C14H12ClN3O2. The van der Waals surface area contributed by atoms with Gasteiger partial charge in [0.2, 0.25) is 0 Å². The van der Waals surface area contributed by atoms with Gasteiger partial charge < -0.3 is 15.4 Å². The van der Waals surface area contributed by atoms with Gasteiger partial charge in [-0.1, -0.05) is 17.7 Å². The second-order valence-electron chi connectivity index (χ2n) is 4.28. The minimum Gasteiger partial charge on any atom is -0.489 e. The SMILES string of the molecule is O=C(Nc1ccnc(Cl)c1)c1cccc2c1OCCN2. The summed E-state index contributed by atoms with van der Waals surface area (Å²) in [5.74, 6) is 0.337. The third kappa shape index (κ3) is 2.53. The molecule has 20 heavy (non-hydrogen) atoms. The van der Waals surface area contributed by atoms with E-state index in [1.807, 2.05) is 12.1 Å². The normalized spacial score (nSPS) is 12.8. The molecule has 3 rings (SSSR count). The highest BCUT2D eigenvalue weighted by atomic mass is 35.5. The van der Waals surface area contributed by atoms with Crippen LogP contribution in [0.4, 0.5) is 11.4 Å². The molecule has 1 amide bonds. The molecule has 0 atom stereocenters. The van der Waals surface area contributed by atoms with Gasteiger partial charge in [0.15, 0.2) is 5.75 Å². The summed E-state index contributed by atoms with van der Waals surface area (Å²) in [5.41, 5.74) is 1.91. The molecule has 0 unspecified atom stereocenters. The van der Waals surface area contributed by atoms with Gasteiger partial charge >= 0.3 is 0 Å². The van der Waals surface area contributed by atoms with Crippen molar-refractivity contribution in [2.45, 2.75) is 0 Å². The summed E-state index contributed by atoms with van der Waals surface area (Å²) in [6.45, 7) is 1.27. The molecule has 0 spiro atoms. The molecular weight excluding hydrogens is 278 g/mol. The molecule has 5 nitrogen and oxygen atoms in total. The first kappa shape index (κ1) is 12.7. The standard InChI is InChI=1S/C14H12ClN3O2/c15-12-8-9(4-5-17-12)18-14(19)10-2-1-3-11-13(10)20-7-6-16-11/h1-5,8,16H,6-7H2,(H,17,18,19). The lowest BCUT2D eigenvalue weighted by molar-refractivity contribution is 0.102. The highest BCUT2D eigenvalue weighted by Crippen LogP contribution is 2.31. The zero-order valence-corrected chi connectivity index (χ0v) is 11.3. The number of para-hydroxylation sites is 1. The molecule has 1 aliphatic heterocycles. The first-order valence-electron chi connectivity index (χ1n) is 6.16. The smallest absolute Gasteiger partial charge is 0.259 e. The molecule has 1 aliphatic rings. The molecule has 0 saturated heterocycles. The molecule has 1 aromatic heterocycles. The van der Waals surface area contributed by atoms with Gasteiger partial charge in [-0.3, -0.25) is 4.79 Å². The molecule has 2 heterocycles. The zero-order valence-electron chi connectivity index (χ0n) is 10.5. The van der Waals surface area contributed by atoms with Crippen LogP contribution >= 0.6 is 11.6 Å². The Morgan fingerprint density at radius 1 is 1.40 bits per heavy atom. The summed E-state index contributed by atoms with van der Waals surface area (Å²) in [6.07, 6.45) is 1.54. The number of anilines is 2. The van der Waals surface area contributed by atoms with Crippen LogP contribution in [0, 0.1) is 0 Å². The summed E-state index contributed by atoms with van der Waals surface area (Å²) in [4.78, 5) is 16.2. The maximum Gasteiger partial charge on any atom is 0.259 e. The Labute approximate surface area is 120 Å². The summed E-state index contributed by atoms with van der Waals surface area (Å²) in [5, 5.41) is 6.30. The minimum atomic E-state index is -0.243. The van der Waals surface area contributed by atoms with E-state index in [-0.39, 0.29) is 5.91 Å². The Bertz CT molecular complexity index is 661. The second kappa shape index (κ2) is 5.38. The van der Waals surface area contributed by atoms with Crippen molar-refractivity contribution in [3.8, 4) is 5.75 Å². The Balaban J connectivity index is 1.88. The van der Waals surface area contributed by atoms with E-state index in [2.05, 4.69) is 15.6 Å². The van der Waals surface area contributed by atoms with Crippen molar-refractivity contribution >= 4 is 28.9 Å². The van der Waals surface area contributed by atoms with E-state index in [4.69, 9.17) is 16.3 Å². The van der Waals surface area contributed by atoms with Crippen molar-refractivity contribution in [1.82, 2.24) is 4.98 Å². The summed E-state index contributed by atoms with van der Waals surface area (Å²) >= 11 is 5.79. The Kier molecular flexibility index (Phi) is 3.43. The van der Waals surface area contributed by atoms with Crippen LogP contribution in [0.1, 0.15) is 10.4 Å². The van der Waals surface area contributed by atoms with Crippen molar-refractivity contribution < 1.29 is 9.53 Å². The van der Waals surface area contributed by atoms with Crippen molar-refractivity contribution in [3.63, 3.8) is 0 Å². The minimum absolute atomic E-state index is 0.243. The van der Waals surface area contributed by atoms with Gasteiger partial charge in [0, 0.05) is 18.4 Å². The number of amides is 1. The van der Waals surface area contributed by atoms with Gasteiger partial charge in [-0.25, -0.2) is 4.98 Å². The van der Waals surface area contributed by atoms with Gasteiger partial charge in [0.25, 0.3) is 5.91 Å². The number of rotatable bonds is 2. The summed E-state index contributed by atoms with van der Waals surface area (Å²) in [7, 11) is 0. The van der Waals surface area contributed by atoms with Crippen LogP contribution < -0.4 is 15.4 Å². The number of fused-ring (bicyclic) bond motifs is 1. The quantitative estimate of drug-likeness (QED) is 0.835. The van der Waals surface area contributed by atoms with Crippen LogP contribution in [0.2, 0.25) is 5.15 Å². The lowest BCUT2D eigenvalue weighted by atomic mass is 10.1. The first-order chi connectivity index (χ1) is 9.74. The first-order valence-corrected chi connectivity index (χ1v) is 6.54.